The predicted octanol–water partition coefficient (Wildman–Crippen LogP) is -3.83. The summed E-state index contributed by atoms with van der Waals surface area (Å²) >= 11 is 0. The molecule has 3 heterocycles. The Hall–Kier alpha value is -1.86. The molecular weight excluding hydrogens is 349 g/mol. The van der Waals surface area contributed by atoms with Gasteiger partial charge in [0.2, 0.25) is 5.95 Å². The molecule has 0 aromatic carbocycles. The number of rotatable bonds is 4. The lowest BCUT2D eigenvalue weighted by Crippen LogP contribution is -2.34. The Kier molecular flexibility index (Phi) is 4.17. The molecule has 4 atom stereocenters. The summed E-state index contributed by atoms with van der Waals surface area (Å²) < 4.78 is 21.0. The number of imidazole rings is 1. The average Bonchev–Trinajstić information content (AvgIpc) is 3.00. The molecule has 3 rings (SSSR count). The maximum atomic E-state index is 11.7. The molecule has 1 fully saturated rings. The van der Waals surface area contributed by atoms with E-state index in [1.54, 1.807) is 0 Å². The fourth-order valence-corrected chi connectivity index (χ4v) is 2.72. The van der Waals surface area contributed by atoms with Crippen molar-refractivity contribution in [1.82, 2.24) is 19.5 Å². The molecule has 0 bridgehead atoms. The van der Waals surface area contributed by atoms with Crippen LogP contribution < -0.4 is 21.1 Å². The van der Waals surface area contributed by atoms with Gasteiger partial charge in [-0.25, -0.2) is 4.98 Å². The first-order valence-electron chi connectivity index (χ1n) is 6.58. The number of nitrogens with two attached hydrogens (primary N) is 1. The largest absolute Gasteiger partial charge is 0.790 e. The van der Waals surface area contributed by atoms with Crippen molar-refractivity contribution in [3.8, 4) is 0 Å². The quantitative estimate of drug-likeness (QED) is 0.387. The van der Waals surface area contributed by atoms with Gasteiger partial charge in [-0.2, -0.15) is 4.98 Å². The number of nitrogens with one attached hydrogen (secondary N) is 1. The zero-order chi connectivity index (χ0) is 17.6. The van der Waals surface area contributed by atoms with E-state index in [0.29, 0.717) is 0 Å². The lowest BCUT2D eigenvalue weighted by Gasteiger charge is -2.30. The van der Waals surface area contributed by atoms with Crippen LogP contribution in [0.5, 0.6) is 0 Å². The number of aliphatic hydroxyl groups excluding tert-OH is 2. The van der Waals surface area contributed by atoms with E-state index in [9.17, 15) is 29.4 Å². The Morgan fingerprint density at radius 2 is 2.17 bits per heavy atom. The van der Waals surface area contributed by atoms with E-state index in [0.717, 1.165) is 10.9 Å². The van der Waals surface area contributed by atoms with Crippen LogP contribution in [-0.4, -0.2) is 54.7 Å². The third-order valence-electron chi connectivity index (χ3n) is 3.46. The number of nitrogen functional groups attached to an aromatic ring is 1. The Bertz CT molecular complexity index is 861. The predicted molar refractivity (Wildman–Crippen MR) is 72.0 cm³/mol. The number of H-pyrrole nitrogens is 1. The first-order valence-corrected chi connectivity index (χ1v) is 8.04. The van der Waals surface area contributed by atoms with E-state index in [-0.39, 0.29) is 17.1 Å². The van der Waals surface area contributed by atoms with E-state index in [1.165, 1.54) is 0 Å². The summed E-state index contributed by atoms with van der Waals surface area (Å²) in [5.41, 5.74) is 4.77. The minimum absolute atomic E-state index is 0.00705. The van der Waals surface area contributed by atoms with Crippen LogP contribution in [0.4, 0.5) is 5.95 Å². The molecule has 14 heteroatoms. The van der Waals surface area contributed by atoms with Crippen molar-refractivity contribution >= 4 is 24.9 Å². The van der Waals surface area contributed by atoms with Gasteiger partial charge in [0, 0.05) is 0 Å². The summed E-state index contributed by atoms with van der Waals surface area (Å²) in [6.45, 7) is -0.776. The fraction of sp³-hybridized carbons (Fsp3) is 0.500. The van der Waals surface area contributed by atoms with Crippen LogP contribution in [0.15, 0.2) is 11.1 Å². The second-order valence-electron chi connectivity index (χ2n) is 5.06. The Labute approximate surface area is 132 Å². The van der Waals surface area contributed by atoms with Gasteiger partial charge >= 0.3 is 0 Å². The average molecular weight is 361 g/mol. The van der Waals surface area contributed by atoms with Gasteiger partial charge in [-0.05, 0) is 0 Å². The Morgan fingerprint density at radius 1 is 1.46 bits per heavy atom. The van der Waals surface area contributed by atoms with Crippen molar-refractivity contribution in [1.29, 1.82) is 0 Å². The number of hydrogen-bond acceptors (Lipinski definition) is 11. The number of nitrogens with zero attached hydrogens (tertiary/aromatic N) is 3. The molecule has 0 unspecified atom stereocenters. The first kappa shape index (κ1) is 17.0. The van der Waals surface area contributed by atoms with Crippen molar-refractivity contribution < 1.29 is 33.8 Å². The van der Waals surface area contributed by atoms with Crippen molar-refractivity contribution in [3.05, 3.63) is 16.7 Å². The summed E-state index contributed by atoms with van der Waals surface area (Å²) in [6, 6.07) is 0. The summed E-state index contributed by atoms with van der Waals surface area (Å²) in [5.74, 6) is -0.194. The van der Waals surface area contributed by atoms with Crippen LogP contribution in [0.25, 0.3) is 11.2 Å². The molecule has 13 nitrogen and oxygen atoms in total. The van der Waals surface area contributed by atoms with E-state index >= 15 is 0 Å². The number of ether oxygens (including phenoxy) is 1. The standard InChI is InChI=1S/C10H14N5O8P/c11-10-13-7-4(8(18)14-10)12-2-15(7)9-6(17)5(16)3(23-9)1-22-24(19,20)21/h2-3,5-6,9,16-17H,1H2,(H2,19,20,21)(H3,11,13,14,18)/p-2/t3-,5+,6+,9+/m0/s1. The highest BCUT2D eigenvalue weighted by Gasteiger charge is 2.44. The van der Waals surface area contributed by atoms with E-state index in [2.05, 4.69) is 19.5 Å². The van der Waals surface area contributed by atoms with Crippen LogP contribution in [0.2, 0.25) is 0 Å². The Balaban J connectivity index is 1.90. The number of phosphoric ester groups is 1. The lowest BCUT2D eigenvalue weighted by molar-refractivity contribution is -0.343. The number of phosphoric acid groups is 1. The second-order valence-corrected chi connectivity index (χ2v) is 6.22. The lowest BCUT2D eigenvalue weighted by atomic mass is 10.1. The number of hydrogen-bond donors (Lipinski definition) is 4. The minimum Gasteiger partial charge on any atom is -0.790 e. The molecule has 24 heavy (non-hydrogen) atoms. The number of anilines is 1. The molecule has 2 aromatic rings. The molecule has 2 aromatic heterocycles. The zero-order valence-electron chi connectivity index (χ0n) is 11.8. The fourth-order valence-electron chi connectivity index (χ4n) is 2.39. The van der Waals surface area contributed by atoms with E-state index in [4.69, 9.17) is 10.5 Å². The monoisotopic (exact) mass is 361 g/mol. The smallest absolute Gasteiger partial charge is 0.280 e. The number of aliphatic hydroxyl groups is 2. The topological polar surface area (TPSA) is 212 Å². The van der Waals surface area contributed by atoms with Gasteiger partial charge in [-0.15, -0.1) is 0 Å². The normalized spacial score (nSPS) is 27.8. The summed E-state index contributed by atoms with van der Waals surface area (Å²) in [5, 5.41) is 20.0. The molecular formula is C10H12N5O8P-2. The highest BCUT2D eigenvalue weighted by molar-refractivity contribution is 7.43. The van der Waals surface area contributed by atoms with Crippen molar-refractivity contribution in [2.24, 2.45) is 0 Å². The molecule has 1 aliphatic rings. The minimum atomic E-state index is -5.26. The molecule has 1 aliphatic heterocycles. The van der Waals surface area contributed by atoms with Gasteiger partial charge in [0.1, 0.15) is 18.3 Å². The highest BCUT2D eigenvalue weighted by atomic mass is 31.2. The number of fused-ring (bicyclic) bond motifs is 1. The molecule has 132 valence electrons. The van der Waals surface area contributed by atoms with Crippen molar-refractivity contribution in [2.45, 2.75) is 24.5 Å². The van der Waals surface area contributed by atoms with Crippen LogP contribution >= 0.6 is 7.82 Å². The Morgan fingerprint density at radius 3 is 2.83 bits per heavy atom. The van der Waals surface area contributed by atoms with Crippen LogP contribution in [0, 0.1) is 0 Å². The van der Waals surface area contributed by atoms with Gasteiger partial charge in [-0.1, -0.05) is 0 Å². The van der Waals surface area contributed by atoms with E-state index < -0.39 is 44.5 Å². The highest BCUT2D eigenvalue weighted by Crippen LogP contribution is 2.33. The van der Waals surface area contributed by atoms with Gasteiger partial charge in [0.25, 0.3) is 5.56 Å². The molecule has 0 amide bonds. The summed E-state index contributed by atoms with van der Waals surface area (Å²) in [4.78, 5) is 42.7. The molecule has 1 saturated heterocycles. The number of aromatic nitrogens is 4. The van der Waals surface area contributed by atoms with Gasteiger partial charge < -0.3 is 39.6 Å². The van der Waals surface area contributed by atoms with E-state index in [1.807, 2.05) is 0 Å². The maximum absolute atomic E-state index is 11.7. The third kappa shape index (κ3) is 3.06. The summed E-state index contributed by atoms with van der Waals surface area (Å²) in [7, 11) is -5.26. The van der Waals surface area contributed by atoms with Crippen LogP contribution in [0.3, 0.4) is 0 Å². The summed E-state index contributed by atoms with van der Waals surface area (Å²) in [6.07, 6.45) is -4.46. The van der Waals surface area contributed by atoms with Crippen LogP contribution in [0.1, 0.15) is 6.23 Å². The van der Waals surface area contributed by atoms with Crippen molar-refractivity contribution in [2.75, 3.05) is 12.3 Å². The first-order chi connectivity index (χ1) is 11.2. The maximum Gasteiger partial charge on any atom is 0.280 e. The number of aromatic amines is 1. The SMILES string of the molecule is Nc1nc2c(ncn2[C@@H]2O[C@@H](COP(=O)([O-])[O-])[C@@H](O)[C@H]2O)c(=O)[nH]1. The van der Waals surface area contributed by atoms with Gasteiger partial charge in [0.05, 0.1) is 20.8 Å². The molecule has 0 saturated carbocycles. The second kappa shape index (κ2) is 5.89. The zero-order valence-corrected chi connectivity index (χ0v) is 12.7. The van der Waals surface area contributed by atoms with Gasteiger partial charge in [0.15, 0.2) is 17.4 Å². The molecule has 5 N–H and O–H groups in total. The molecule has 0 spiro atoms. The molecule has 0 aliphatic carbocycles. The molecule has 0 radical (unpaired) electrons. The third-order valence-corrected chi connectivity index (χ3v) is 3.92. The van der Waals surface area contributed by atoms with Gasteiger partial charge in [-0.3, -0.25) is 14.3 Å². The van der Waals surface area contributed by atoms with Crippen molar-refractivity contribution in [3.63, 3.8) is 0 Å². The van der Waals surface area contributed by atoms with Crippen LogP contribution in [-0.2, 0) is 13.8 Å².